The highest BCUT2D eigenvalue weighted by molar-refractivity contribution is 7.99. The Balaban J connectivity index is 0. The van der Waals surface area contributed by atoms with Crippen molar-refractivity contribution in [3.63, 3.8) is 0 Å². The average molecular weight is 235 g/mol. The third-order valence-corrected chi connectivity index (χ3v) is 2.82. The molecule has 0 radical (unpaired) electrons. The summed E-state index contributed by atoms with van der Waals surface area (Å²) in [5.74, 6) is 0.524. The second kappa shape index (κ2) is 7.53. The number of rotatable bonds is 6. The first-order valence-electron chi connectivity index (χ1n) is 4.27. The molecule has 0 heterocycles. The van der Waals surface area contributed by atoms with Crippen LogP contribution < -0.4 is 21.6 Å². The Morgan fingerprint density at radius 3 is 2.53 bits per heavy atom. The number of hydrogen-bond donors (Lipinski definition) is 3. The molecule has 0 rings (SSSR count). The molecule has 0 amide bonds. The van der Waals surface area contributed by atoms with E-state index in [0.717, 1.165) is 5.75 Å². The number of hydrogen-bond acceptors (Lipinski definition) is 4. The maximum atomic E-state index is 10.5. The second-order valence-electron chi connectivity index (χ2n) is 3.37. The second-order valence-corrected chi connectivity index (χ2v) is 4.47. The maximum absolute atomic E-state index is 10.5. The molecule has 0 aromatic carbocycles. The predicted octanol–water partition coefficient (Wildman–Crippen LogP) is -2.72. The van der Waals surface area contributed by atoms with Gasteiger partial charge in [0.2, 0.25) is 5.84 Å². The SMILES string of the molecule is C.CC(N)=[NH+]CCSC[C@](C)(N)C(=O)[O-]. The van der Waals surface area contributed by atoms with Crippen LogP contribution in [-0.2, 0) is 4.79 Å². The van der Waals surface area contributed by atoms with E-state index in [1.165, 1.54) is 18.7 Å². The molecule has 0 spiro atoms. The molecular weight excluding hydrogens is 214 g/mol. The zero-order chi connectivity index (χ0) is 11.2. The molecule has 0 saturated heterocycles. The molecule has 0 aliphatic heterocycles. The van der Waals surface area contributed by atoms with E-state index in [1.807, 2.05) is 0 Å². The smallest absolute Gasteiger partial charge is 0.237 e. The van der Waals surface area contributed by atoms with Crippen LogP contribution in [0.4, 0.5) is 0 Å². The van der Waals surface area contributed by atoms with Crippen LogP contribution in [0, 0.1) is 0 Å². The summed E-state index contributed by atoms with van der Waals surface area (Å²) in [6.45, 7) is 3.91. The van der Waals surface area contributed by atoms with Crippen LogP contribution in [-0.4, -0.2) is 35.4 Å². The summed E-state index contributed by atoms with van der Waals surface area (Å²) in [4.78, 5) is 13.4. The summed E-state index contributed by atoms with van der Waals surface area (Å²) in [6, 6.07) is 0. The molecule has 15 heavy (non-hydrogen) atoms. The van der Waals surface area contributed by atoms with E-state index in [2.05, 4.69) is 4.99 Å². The number of carboxylic acids is 1. The average Bonchev–Trinajstić information content (AvgIpc) is 2.02. The fourth-order valence-electron chi connectivity index (χ4n) is 0.663. The highest BCUT2D eigenvalue weighted by Gasteiger charge is 2.19. The molecular formula is C9H21N3O2S. The fourth-order valence-corrected chi connectivity index (χ4v) is 1.60. The number of aliphatic carboxylic acids is 1. The summed E-state index contributed by atoms with van der Waals surface area (Å²) in [5, 5.41) is 10.5. The highest BCUT2D eigenvalue weighted by atomic mass is 32.2. The summed E-state index contributed by atoms with van der Waals surface area (Å²) in [7, 11) is 0. The molecule has 0 unspecified atom stereocenters. The van der Waals surface area contributed by atoms with E-state index >= 15 is 0 Å². The summed E-state index contributed by atoms with van der Waals surface area (Å²) < 4.78 is 0. The number of thioether (sulfide) groups is 1. The molecule has 5 N–H and O–H groups in total. The van der Waals surface area contributed by atoms with Crippen molar-refractivity contribution >= 4 is 23.6 Å². The molecule has 0 bridgehead atoms. The van der Waals surface area contributed by atoms with Crippen molar-refractivity contribution in [2.24, 2.45) is 11.5 Å². The van der Waals surface area contributed by atoms with Crippen molar-refractivity contribution in [2.45, 2.75) is 26.8 Å². The Morgan fingerprint density at radius 2 is 2.13 bits per heavy atom. The quantitative estimate of drug-likeness (QED) is 0.263. The molecule has 0 aromatic rings. The van der Waals surface area contributed by atoms with Gasteiger partial charge in [-0.25, -0.2) is 0 Å². The Labute approximate surface area is 95.3 Å². The lowest BCUT2D eigenvalue weighted by Crippen LogP contribution is -2.75. The van der Waals surface area contributed by atoms with Gasteiger partial charge in [0.05, 0.1) is 18.1 Å². The van der Waals surface area contributed by atoms with E-state index in [9.17, 15) is 9.90 Å². The van der Waals surface area contributed by atoms with Crippen molar-refractivity contribution in [1.82, 2.24) is 0 Å². The Bertz CT molecular complexity index is 225. The lowest BCUT2D eigenvalue weighted by Gasteiger charge is -2.24. The van der Waals surface area contributed by atoms with Crippen molar-refractivity contribution < 1.29 is 14.9 Å². The molecule has 5 nitrogen and oxygen atoms in total. The number of carbonyl (C=O) groups is 1. The van der Waals surface area contributed by atoms with Gasteiger partial charge in [-0.2, -0.15) is 11.8 Å². The Hall–Kier alpha value is -0.750. The van der Waals surface area contributed by atoms with E-state index < -0.39 is 11.5 Å². The van der Waals surface area contributed by atoms with Crippen molar-refractivity contribution in [1.29, 1.82) is 0 Å². The van der Waals surface area contributed by atoms with Crippen LogP contribution in [0.1, 0.15) is 21.3 Å². The summed E-state index contributed by atoms with van der Waals surface area (Å²) in [6.07, 6.45) is 0. The largest absolute Gasteiger partial charge is 0.548 e. The number of nitrogens with one attached hydrogen (secondary N) is 1. The normalized spacial score (nSPS) is 15.3. The van der Waals surface area contributed by atoms with Crippen LogP contribution in [0.5, 0.6) is 0 Å². The first kappa shape index (κ1) is 16.7. The molecule has 6 heteroatoms. The molecule has 0 aliphatic carbocycles. The van der Waals surface area contributed by atoms with Gasteiger partial charge in [0, 0.05) is 18.4 Å². The maximum Gasteiger partial charge on any atom is 0.237 e. The minimum absolute atomic E-state index is 0. The minimum atomic E-state index is -1.26. The van der Waals surface area contributed by atoms with Gasteiger partial charge in [-0.3, -0.25) is 10.7 Å². The molecule has 1 atom stereocenters. The first-order chi connectivity index (χ1) is 6.36. The molecule has 0 aliphatic rings. The van der Waals surface area contributed by atoms with E-state index in [0.29, 0.717) is 18.1 Å². The van der Waals surface area contributed by atoms with Crippen LogP contribution in [0.3, 0.4) is 0 Å². The number of carboxylic acid groups (broad SMARTS) is 1. The molecule has 0 fully saturated rings. The standard InChI is InChI=1S/C8H17N3O2S.CH4/c1-6(9)11-3-4-14-5-8(2,10)7(12)13;/h3-5,10H2,1-2H3,(H2,9,11)(H,12,13);1H4/t8-;/m0./s1. The van der Waals surface area contributed by atoms with Crippen molar-refractivity contribution in [2.75, 3.05) is 18.1 Å². The lowest BCUT2D eigenvalue weighted by molar-refractivity contribution is -0.452. The number of amidine groups is 1. The fraction of sp³-hybridized carbons (Fsp3) is 0.778. The number of carbonyl (C=O) groups excluding carboxylic acids is 1. The van der Waals surface area contributed by atoms with Gasteiger partial charge >= 0.3 is 0 Å². The Kier molecular flexibility index (Phi) is 8.37. The van der Waals surface area contributed by atoms with Crippen LogP contribution in [0.25, 0.3) is 0 Å². The summed E-state index contributed by atoms with van der Waals surface area (Å²) in [5.41, 5.74) is 9.59. The van der Waals surface area contributed by atoms with Crippen molar-refractivity contribution in [3.05, 3.63) is 0 Å². The monoisotopic (exact) mass is 235 g/mol. The lowest BCUT2D eigenvalue weighted by atomic mass is 10.1. The highest BCUT2D eigenvalue weighted by Crippen LogP contribution is 2.08. The number of nitrogens with two attached hydrogens (primary N) is 2. The minimum Gasteiger partial charge on any atom is -0.548 e. The van der Waals surface area contributed by atoms with Crippen LogP contribution in [0.2, 0.25) is 0 Å². The molecule has 0 saturated carbocycles. The Morgan fingerprint density at radius 1 is 1.60 bits per heavy atom. The van der Waals surface area contributed by atoms with Gasteiger partial charge in [-0.1, -0.05) is 7.43 Å². The van der Waals surface area contributed by atoms with Gasteiger partial charge in [-0.15, -0.1) is 0 Å². The topological polar surface area (TPSA) is 106 Å². The van der Waals surface area contributed by atoms with Gasteiger partial charge < -0.3 is 15.6 Å². The molecule has 0 aromatic heterocycles. The third kappa shape index (κ3) is 8.26. The van der Waals surface area contributed by atoms with Crippen LogP contribution >= 0.6 is 11.8 Å². The van der Waals surface area contributed by atoms with E-state index in [4.69, 9.17) is 11.5 Å². The molecule has 90 valence electrons. The van der Waals surface area contributed by atoms with Gasteiger partial charge in [0.25, 0.3) is 0 Å². The third-order valence-electron chi connectivity index (χ3n) is 1.52. The van der Waals surface area contributed by atoms with Gasteiger partial charge in [-0.05, 0) is 6.92 Å². The first-order valence-corrected chi connectivity index (χ1v) is 5.42. The predicted molar refractivity (Wildman–Crippen MR) is 62.4 cm³/mol. The van der Waals surface area contributed by atoms with Crippen LogP contribution in [0.15, 0.2) is 0 Å². The summed E-state index contributed by atoms with van der Waals surface area (Å²) >= 11 is 1.45. The zero-order valence-corrected chi connectivity index (χ0v) is 9.32. The zero-order valence-electron chi connectivity index (χ0n) is 8.50. The van der Waals surface area contributed by atoms with E-state index in [-0.39, 0.29) is 7.43 Å². The van der Waals surface area contributed by atoms with Gasteiger partial charge in [0.15, 0.2) is 0 Å². The van der Waals surface area contributed by atoms with E-state index in [1.54, 1.807) is 6.92 Å². The van der Waals surface area contributed by atoms with Crippen molar-refractivity contribution in [3.8, 4) is 0 Å². The van der Waals surface area contributed by atoms with Gasteiger partial charge in [0.1, 0.15) is 0 Å².